The third-order valence-corrected chi connectivity index (χ3v) is 5.00. The Balaban J connectivity index is 3.34. The standard InChI is InChI=1S/C14H22N2O3S/c1-3-7-16(8-9-17)20(18,19)14-10-12(11-15)5-6-13(14)4-2/h3,5-6,10,17H,1,4,7-9,11,15H2,2H3. The minimum Gasteiger partial charge on any atom is -0.395 e. The Morgan fingerprint density at radius 3 is 2.65 bits per heavy atom. The number of nitrogens with zero attached hydrogens (tertiary/aromatic N) is 1. The third-order valence-electron chi connectivity index (χ3n) is 3.05. The van der Waals surface area contributed by atoms with Crippen LogP contribution in [0.2, 0.25) is 0 Å². The average molecular weight is 298 g/mol. The molecule has 0 amide bonds. The van der Waals surface area contributed by atoms with Crippen LogP contribution in [-0.2, 0) is 23.0 Å². The van der Waals surface area contributed by atoms with Gasteiger partial charge in [-0.25, -0.2) is 8.42 Å². The molecule has 0 saturated carbocycles. The molecule has 0 atom stereocenters. The summed E-state index contributed by atoms with van der Waals surface area (Å²) in [4.78, 5) is 0.262. The zero-order valence-electron chi connectivity index (χ0n) is 11.7. The summed E-state index contributed by atoms with van der Waals surface area (Å²) in [6, 6.07) is 5.24. The number of rotatable bonds is 8. The van der Waals surface area contributed by atoms with Crippen LogP contribution in [-0.4, -0.2) is 37.5 Å². The lowest BCUT2D eigenvalue weighted by atomic mass is 10.1. The van der Waals surface area contributed by atoms with Gasteiger partial charge in [0.25, 0.3) is 0 Å². The first-order valence-electron chi connectivity index (χ1n) is 6.55. The molecule has 0 bridgehead atoms. The van der Waals surface area contributed by atoms with Gasteiger partial charge in [0, 0.05) is 19.6 Å². The van der Waals surface area contributed by atoms with Crippen molar-refractivity contribution < 1.29 is 13.5 Å². The Hall–Kier alpha value is -1.21. The monoisotopic (exact) mass is 298 g/mol. The van der Waals surface area contributed by atoms with Crippen LogP contribution >= 0.6 is 0 Å². The molecule has 0 aromatic heterocycles. The lowest BCUT2D eigenvalue weighted by molar-refractivity contribution is 0.260. The van der Waals surface area contributed by atoms with Crippen molar-refractivity contribution in [2.24, 2.45) is 5.73 Å². The first-order chi connectivity index (χ1) is 9.51. The number of hydrogen-bond donors (Lipinski definition) is 2. The van der Waals surface area contributed by atoms with Gasteiger partial charge in [-0.3, -0.25) is 0 Å². The van der Waals surface area contributed by atoms with Crippen molar-refractivity contribution in [2.45, 2.75) is 24.8 Å². The van der Waals surface area contributed by atoms with Crippen molar-refractivity contribution in [3.8, 4) is 0 Å². The molecule has 20 heavy (non-hydrogen) atoms. The highest BCUT2D eigenvalue weighted by molar-refractivity contribution is 7.89. The highest BCUT2D eigenvalue weighted by atomic mass is 32.2. The lowest BCUT2D eigenvalue weighted by Crippen LogP contribution is -2.34. The van der Waals surface area contributed by atoms with E-state index in [9.17, 15) is 8.42 Å². The van der Waals surface area contributed by atoms with Gasteiger partial charge in [-0.2, -0.15) is 4.31 Å². The van der Waals surface area contributed by atoms with Gasteiger partial charge in [-0.1, -0.05) is 25.1 Å². The molecule has 0 fully saturated rings. The SMILES string of the molecule is C=CCN(CCO)S(=O)(=O)c1cc(CN)ccc1CC. The Labute approximate surface area is 120 Å². The highest BCUT2D eigenvalue weighted by Gasteiger charge is 2.25. The molecule has 0 aliphatic heterocycles. The Morgan fingerprint density at radius 1 is 1.45 bits per heavy atom. The largest absolute Gasteiger partial charge is 0.395 e. The Morgan fingerprint density at radius 2 is 2.15 bits per heavy atom. The average Bonchev–Trinajstić information content (AvgIpc) is 2.46. The van der Waals surface area contributed by atoms with Crippen LogP contribution in [0.25, 0.3) is 0 Å². The predicted molar refractivity (Wildman–Crippen MR) is 79.8 cm³/mol. The highest BCUT2D eigenvalue weighted by Crippen LogP contribution is 2.22. The van der Waals surface area contributed by atoms with E-state index in [4.69, 9.17) is 10.8 Å². The molecule has 0 spiro atoms. The molecule has 0 unspecified atom stereocenters. The van der Waals surface area contributed by atoms with E-state index in [-0.39, 0.29) is 31.1 Å². The van der Waals surface area contributed by atoms with E-state index < -0.39 is 10.0 Å². The molecule has 1 aromatic carbocycles. The maximum atomic E-state index is 12.7. The number of aliphatic hydroxyl groups excluding tert-OH is 1. The van der Waals surface area contributed by atoms with Gasteiger partial charge < -0.3 is 10.8 Å². The summed E-state index contributed by atoms with van der Waals surface area (Å²) in [6.07, 6.45) is 2.12. The molecule has 6 heteroatoms. The van der Waals surface area contributed by atoms with E-state index >= 15 is 0 Å². The Kier molecular flexibility index (Phi) is 6.35. The van der Waals surface area contributed by atoms with Crippen LogP contribution in [0.4, 0.5) is 0 Å². The van der Waals surface area contributed by atoms with Gasteiger partial charge in [0.15, 0.2) is 0 Å². The van der Waals surface area contributed by atoms with Crippen LogP contribution < -0.4 is 5.73 Å². The summed E-state index contributed by atoms with van der Waals surface area (Å²) in [7, 11) is -3.65. The zero-order valence-corrected chi connectivity index (χ0v) is 12.6. The second-order valence-electron chi connectivity index (χ2n) is 4.38. The van der Waals surface area contributed by atoms with Crippen molar-refractivity contribution >= 4 is 10.0 Å². The van der Waals surface area contributed by atoms with E-state index in [1.165, 1.54) is 10.4 Å². The summed E-state index contributed by atoms with van der Waals surface area (Å²) < 4.78 is 26.6. The van der Waals surface area contributed by atoms with Crippen molar-refractivity contribution in [3.05, 3.63) is 42.0 Å². The molecule has 0 heterocycles. The second-order valence-corrected chi connectivity index (χ2v) is 6.28. The lowest BCUT2D eigenvalue weighted by Gasteiger charge is -2.21. The van der Waals surface area contributed by atoms with E-state index in [1.54, 1.807) is 12.1 Å². The topological polar surface area (TPSA) is 83.6 Å². The van der Waals surface area contributed by atoms with E-state index in [0.29, 0.717) is 6.42 Å². The zero-order chi connectivity index (χ0) is 15.2. The molecule has 0 aliphatic rings. The van der Waals surface area contributed by atoms with Crippen LogP contribution in [0.3, 0.4) is 0 Å². The Bertz CT molecular complexity index is 556. The molecule has 5 nitrogen and oxygen atoms in total. The van der Waals surface area contributed by atoms with Crippen molar-refractivity contribution in [2.75, 3.05) is 19.7 Å². The van der Waals surface area contributed by atoms with E-state index in [1.807, 2.05) is 13.0 Å². The molecule has 112 valence electrons. The molecule has 3 N–H and O–H groups in total. The minimum absolute atomic E-state index is 0.0460. The van der Waals surface area contributed by atoms with Gasteiger partial charge in [0.2, 0.25) is 10.0 Å². The molecule has 0 aliphatic carbocycles. The number of nitrogens with two attached hydrogens (primary N) is 1. The van der Waals surface area contributed by atoms with Crippen LogP contribution in [0.5, 0.6) is 0 Å². The summed E-state index contributed by atoms with van der Waals surface area (Å²) >= 11 is 0. The number of aliphatic hydroxyl groups is 1. The van der Waals surface area contributed by atoms with Crippen molar-refractivity contribution in [1.82, 2.24) is 4.31 Å². The predicted octanol–water partition coefficient (Wildman–Crippen LogP) is 0.877. The van der Waals surface area contributed by atoms with Gasteiger partial charge in [-0.05, 0) is 23.6 Å². The van der Waals surface area contributed by atoms with E-state index in [0.717, 1.165) is 11.1 Å². The summed E-state index contributed by atoms with van der Waals surface area (Å²) in [5.41, 5.74) is 7.09. The number of benzene rings is 1. The van der Waals surface area contributed by atoms with Crippen LogP contribution in [0.15, 0.2) is 35.7 Å². The number of aryl methyl sites for hydroxylation is 1. The maximum Gasteiger partial charge on any atom is 0.243 e. The molecular weight excluding hydrogens is 276 g/mol. The van der Waals surface area contributed by atoms with Crippen LogP contribution in [0, 0.1) is 0 Å². The summed E-state index contributed by atoms with van der Waals surface area (Å²) in [5.74, 6) is 0. The summed E-state index contributed by atoms with van der Waals surface area (Å²) in [5, 5.41) is 9.04. The van der Waals surface area contributed by atoms with Gasteiger partial charge in [-0.15, -0.1) is 6.58 Å². The number of hydrogen-bond acceptors (Lipinski definition) is 4. The van der Waals surface area contributed by atoms with Gasteiger partial charge in [0.05, 0.1) is 11.5 Å². The normalized spacial score (nSPS) is 11.8. The second kappa shape index (κ2) is 7.54. The fraction of sp³-hybridized carbons (Fsp3) is 0.429. The first-order valence-corrected chi connectivity index (χ1v) is 7.99. The molecule has 0 radical (unpaired) electrons. The smallest absolute Gasteiger partial charge is 0.243 e. The summed E-state index contributed by atoms with van der Waals surface area (Å²) in [6.45, 7) is 5.73. The van der Waals surface area contributed by atoms with Gasteiger partial charge in [0.1, 0.15) is 0 Å². The fourth-order valence-corrected chi connectivity index (χ4v) is 3.71. The maximum absolute atomic E-state index is 12.7. The van der Waals surface area contributed by atoms with Crippen LogP contribution in [0.1, 0.15) is 18.1 Å². The first kappa shape index (κ1) is 16.8. The molecule has 1 rings (SSSR count). The van der Waals surface area contributed by atoms with Crippen molar-refractivity contribution in [3.63, 3.8) is 0 Å². The minimum atomic E-state index is -3.65. The van der Waals surface area contributed by atoms with E-state index in [2.05, 4.69) is 6.58 Å². The third kappa shape index (κ3) is 3.67. The number of sulfonamides is 1. The van der Waals surface area contributed by atoms with Crippen molar-refractivity contribution in [1.29, 1.82) is 0 Å². The molecular formula is C14H22N2O3S. The molecule has 0 saturated heterocycles. The molecule has 1 aromatic rings. The quantitative estimate of drug-likeness (QED) is 0.698. The fourth-order valence-electron chi connectivity index (χ4n) is 1.96. The van der Waals surface area contributed by atoms with Gasteiger partial charge >= 0.3 is 0 Å².